The molecule has 0 radical (unpaired) electrons. The van der Waals surface area contributed by atoms with Gasteiger partial charge >= 0.3 is 11.9 Å². The predicted molar refractivity (Wildman–Crippen MR) is 389 cm³/mol. The van der Waals surface area contributed by atoms with Crippen LogP contribution in [-0.4, -0.2) is 237 Å². The molecule has 0 aromatic heterocycles. The van der Waals surface area contributed by atoms with Crippen LogP contribution in [0.5, 0.6) is 0 Å². The molecular weight excluding hydrogens is 1440 g/mol. The standard InChI is InChI=1S/C66H117N21O22/c1-11-32(8)50(85-61(104)49(31(6)7)84-64(107)52(34(10)89)86-53(96)35(68)25-29(2)3)62(105)83-43(28-47(72)93)59(102)78-38(18-21-45(70)91)57(100)87-51(33(9)88)63(106)79-37(17-20-44(69)90)55(98)76-36(15-12-13-23-67)54(97)77-39(19-22-48(94)95)56(99)82-42(27-46(71)92)60(103)81-41(26-30(4)5)58(101)80-40(65(108)109)16-14-24-75-66(73)74/h29-43,49-52,88-89H,11-28,67-68H2,1-10H3,(H2,69,90)(H2,70,91)(H2,71,92)(H2,72,93)(H,76,98)(H,77,97)(H,78,102)(H,79,106)(H,80,101)(H,81,103)(H,82,99)(H,83,105)(H,84,107)(H,85,104)(H,86,96)(H,87,100)(H,94,95)(H,108,109)(H4,73,74,75)/t32-,33+,34+,35-,36-,37-,38-,39-,40-,41-,42-,43-,49-,50-,51-,52-/m0/s1. The van der Waals surface area contributed by atoms with Crippen molar-refractivity contribution in [1.29, 1.82) is 5.41 Å². The zero-order valence-corrected chi connectivity index (χ0v) is 63.4. The third-order valence-electron chi connectivity index (χ3n) is 16.7. The Morgan fingerprint density at radius 3 is 1.09 bits per heavy atom. The Balaban J connectivity index is 7.23. The summed E-state index contributed by atoms with van der Waals surface area (Å²) in [5, 5.41) is 78.8. The molecule has 0 bridgehead atoms. The molecule has 43 heteroatoms. The lowest BCUT2D eigenvalue weighted by Gasteiger charge is -2.31. The number of carbonyl (C=O) groups is 18. The molecule has 0 spiro atoms. The van der Waals surface area contributed by atoms with Gasteiger partial charge in [-0.3, -0.25) is 86.9 Å². The first-order chi connectivity index (χ1) is 50.7. The minimum atomic E-state index is -2.12. The number of carbonyl (C=O) groups excluding carboxylic acids is 16. The van der Waals surface area contributed by atoms with Crippen LogP contribution in [0, 0.1) is 29.1 Å². The Morgan fingerprint density at radius 1 is 0.367 bits per heavy atom. The third-order valence-corrected chi connectivity index (χ3v) is 16.7. The first-order valence-electron chi connectivity index (χ1n) is 35.8. The van der Waals surface area contributed by atoms with E-state index in [-0.39, 0.29) is 82.3 Å². The van der Waals surface area contributed by atoms with Gasteiger partial charge in [0.25, 0.3) is 0 Å². The Hall–Kier alpha value is -10.4. The largest absolute Gasteiger partial charge is 0.481 e. The number of primary amides is 4. The number of nitrogens with two attached hydrogens (primary N) is 7. The number of unbranched alkanes of at least 4 members (excludes halogenated alkanes) is 1. The van der Waals surface area contributed by atoms with Crippen molar-refractivity contribution < 1.29 is 107 Å². The maximum absolute atomic E-state index is 14.4. The summed E-state index contributed by atoms with van der Waals surface area (Å²) >= 11 is 0. The number of nitrogens with one attached hydrogen (secondary N) is 14. The topological polar surface area (TPSA) is 751 Å². The SMILES string of the molecule is CC[C@H](C)[C@H](NC(=O)[C@@H](NC(=O)[C@@H](NC(=O)[C@@H](N)CC(C)C)[C@@H](C)O)C(C)C)C(=O)N[C@@H](CC(N)=O)C(=O)N[C@@H](CCC(N)=O)C(=O)N[C@H](C(=O)N[C@@H](CCC(N)=O)C(=O)N[C@@H](CCCCN)C(=O)N[C@@H](CCC(=O)O)C(=O)N[C@@H](CC(N)=O)C(=O)N[C@@H](CC(C)C)C(=O)N[C@@H](CCCNC(=N)N)C(=O)O)[C@@H](C)O. The number of amides is 16. The van der Waals surface area contributed by atoms with E-state index in [1.54, 1.807) is 20.8 Å². The van der Waals surface area contributed by atoms with Crippen LogP contribution in [-0.2, 0) is 86.3 Å². The number of carboxylic acid groups (broad SMARTS) is 2. The van der Waals surface area contributed by atoms with Crippen LogP contribution in [0.3, 0.4) is 0 Å². The van der Waals surface area contributed by atoms with E-state index in [2.05, 4.69) is 69.1 Å². The quantitative estimate of drug-likeness (QED) is 0.0153. The maximum atomic E-state index is 14.4. The van der Waals surface area contributed by atoms with Crippen molar-refractivity contribution in [2.24, 2.45) is 63.8 Å². The van der Waals surface area contributed by atoms with Crippen molar-refractivity contribution in [3.63, 3.8) is 0 Å². The van der Waals surface area contributed by atoms with Gasteiger partial charge in [-0.2, -0.15) is 0 Å². The van der Waals surface area contributed by atoms with Gasteiger partial charge in [0.1, 0.15) is 72.5 Å². The van der Waals surface area contributed by atoms with Crippen LogP contribution in [0.4, 0.5) is 0 Å². The predicted octanol–water partition coefficient (Wildman–Crippen LogP) is -8.69. The van der Waals surface area contributed by atoms with Crippen molar-refractivity contribution in [2.75, 3.05) is 13.1 Å². The van der Waals surface area contributed by atoms with Gasteiger partial charge in [0.15, 0.2) is 5.96 Å². The van der Waals surface area contributed by atoms with Gasteiger partial charge in [-0.25, -0.2) is 4.79 Å². The molecule has 0 heterocycles. The minimum Gasteiger partial charge on any atom is -0.481 e. The fourth-order valence-corrected chi connectivity index (χ4v) is 10.5. The Morgan fingerprint density at radius 2 is 0.697 bits per heavy atom. The molecule has 0 aliphatic heterocycles. The fourth-order valence-electron chi connectivity index (χ4n) is 10.5. The monoisotopic (exact) mass is 1560 g/mol. The van der Waals surface area contributed by atoms with Gasteiger partial charge in [0.05, 0.1) is 31.1 Å². The van der Waals surface area contributed by atoms with Gasteiger partial charge < -0.3 is 130 Å². The van der Waals surface area contributed by atoms with E-state index in [4.69, 9.17) is 45.5 Å². The number of aliphatic carboxylic acids is 2. The molecule has 16 amide bonds. The lowest BCUT2D eigenvalue weighted by atomic mass is 9.95. The van der Waals surface area contributed by atoms with Gasteiger partial charge in [-0.1, -0.05) is 61.8 Å². The molecule has 0 saturated heterocycles. The number of carboxylic acids is 2. The lowest BCUT2D eigenvalue weighted by molar-refractivity contribution is -0.143. The second-order valence-electron chi connectivity index (χ2n) is 27.8. The van der Waals surface area contributed by atoms with Crippen LogP contribution in [0.15, 0.2) is 0 Å². The number of hydrogen-bond acceptors (Lipinski definition) is 23. The number of rotatable bonds is 55. The van der Waals surface area contributed by atoms with Crippen LogP contribution < -0.4 is 109 Å². The molecule has 618 valence electrons. The van der Waals surface area contributed by atoms with E-state index in [1.807, 2.05) is 13.8 Å². The summed E-state index contributed by atoms with van der Waals surface area (Å²) in [4.78, 5) is 241. The summed E-state index contributed by atoms with van der Waals surface area (Å²) in [5.41, 5.74) is 38.8. The van der Waals surface area contributed by atoms with Crippen molar-refractivity contribution in [2.45, 2.75) is 263 Å². The van der Waals surface area contributed by atoms with Gasteiger partial charge in [-0.05, 0) is 108 Å². The van der Waals surface area contributed by atoms with Crippen molar-refractivity contribution in [3.05, 3.63) is 0 Å². The highest BCUT2D eigenvalue weighted by Crippen LogP contribution is 2.16. The molecule has 16 atom stereocenters. The van der Waals surface area contributed by atoms with Gasteiger partial charge in [0, 0.05) is 25.8 Å². The molecule has 0 aliphatic carbocycles. The third kappa shape index (κ3) is 39.3. The molecule has 43 nitrogen and oxygen atoms in total. The highest BCUT2D eigenvalue weighted by atomic mass is 16.4. The number of guanidine groups is 1. The second-order valence-corrected chi connectivity index (χ2v) is 27.8. The summed E-state index contributed by atoms with van der Waals surface area (Å²) in [6, 6.07) is -22.1. The molecule has 0 unspecified atom stereocenters. The van der Waals surface area contributed by atoms with E-state index in [1.165, 1.54) is 27.7 Å². The smallest absolute Gasteiger partial charge is 0.326 e. The molecule has 0 aliphatic rings. The van der Waals surface area contributed by atoms with E-state index in [0.717, 1.165) is 6.92 Å². The van der Waals surface area contributed by atoms with E-state index in [9.17, 15) is 107 Å². The highest BCUT2D eigenvalue weighted by molar-refractivity contribution is 6.01. The zero-order chi connectivity index (χ0) is 83.9. The Labute approximate surface area is 631 Å². The summed E-state index contributed by atoms with van der Waals surface area (Å²) in [6.45, 7) is 15.5. The fraction of sp³-hybridized carbons (Fsp3) is 0.712. The van der Waals surface area contributed by atoms with E-state index >= 15 is 0 Å². The van der Waals surface area contributed by atoms with Crippen molar-refractivity contribution in [1.82, 2.24) is 69.1 Å². The molecular formula is C66H117N21O22. The van der Waals surface area contributed by atoms with Crippen LogP contribution in [0.25, 0.3) is 0 Å². The summed E-state index contributed by atoms with van der Waals surface area (Å²) < 4.78 is 0. The summed E-state index contributed by atoms with van der Waals surface area (Å²) in [7, 11) is 0. The number of aliphatic hydroxyl groups excluding tert-OH is 2. The lowest BCUT2D eigenvalue weighted by Crippen LogP contribution is -2.63. The Kier molecular flexibility index (Phi) is 45.4. The Bertz CT molecular complexity index is 3160. The van der Waals surface area contributed by atoms with Crippen LogP contribution in [0.2, 0.25) is 0 Å². The molecule has 109 heavy (non-hydrogen) atoms. The molecule has 0 saturated carbocycles. The first-order valence-corrected chi connectivity index (χ1v) is 35.8. The average Bonchev–Trinajstić information content (AvgIpc) is 0.847. The molecule has 0 rings (SSSR count). The number of hydrogen-bond donors (Lipinski definition) is 25. The number of aliphatic hydroxyl groups is 2. The molecule has 0 fully saturated rings. The maximum Gasteiger partial charge on any atom is 0.326 e. The van der Waals surface area contributed by atoms with Gasteiger partial charge in [-0.15, -0.1) is 0 Å². The van der Waals surface area contributed by atoms with E-state index in [0.29, 0.717) is 0 Å². The molecule has 0 aromatic carbocycles. The molecule has 0 aromatic rings. The van der Waals surface area contributed by atoms with Gasteiger partial charge in [0.2, 0.25) is 94.5 Å². The zero-order valence-electron chi connectivity index (χ0n) is 63.4. The van der Waals surface area contributed by atoms with Crippen molar-refractivity contribution in [3.8, 4) is 0 Å². The first kappa shape index (κ1) is 98.6. The summed E-state index contributed by atoms with van der Waals surface area (Å²) in [5.74, 6) is -23.5. The highest BCUT2D eigenvalue weighted by Gasteiger charge is 2.40. The van der Waals surface area contributed by atoms with Crippen molar-refractivity contribution >= 4 is 112 Å². The second kappa shape index (κ2) is 50.2. The summed E-state index contributed by atoms with van der Waals surface area (Å²) in [6.07, 6.45) is -9.34. The van der Waals surface area contributed by atoms with Crippen LogP contribution in [0.1, 0.15) is 172 Å². The average molecular weight is 1560 g/mol. The minimum absolute atomic E-state index is 0.00734. The molecule has 32 N–H and O–H groups in total. The van der Waals surface area contributed by atoms with E-state index < -0.39 is 260 Å². The normalized spacial score (nSPS) is 15.6. The van der Waals surface area contributed by atoms with Crippen LogP contribution >= 0.6 is 0 Å².